The van der Waals surface area contributed by atoms with E-state index in [4.69, 9.17) is 9.47 Å². The highest BCUT2D eigenvalue weighted by Gasteiger charge is 2.23. The normalized spacial score (nSPS) is 14.0. The Morgan fingerprint density at radius 3 is 2.03 bits per heavy atom. The summed E-state index contributed by atoms with van der Waals surface area (Å²) in [6.45, 7) is 6.14. The minimum Gasteiger partial charge on any atom is -0.480 e. The molecule has 0 aliphatic carbocycles. The second-order valence-electron chi connectivity index (χ2n) is 8.37. The van der Waals surface area contributed by atoms with Gasteiger partial charge in [-0.2, -0.15) is 0 Å². The summed E-state index contributed by atoms with van der Waals surface area (Å²) < 4.78 is 11.4. The van der Waals surface area contributed by atoms with Crippen LogP contribution >= 0.6 is 0 Å². The maximum absolute atomic E-state index is 12.8. The Morgan fingerprint density at radius 1 is 0.886 bits per heavy atom. The maximum atomic E-state index is 12.8. The first kappa shape index (κ1) is 24.3. The fourth-order valence-electron chi connectivity index (χ4n) is 4.16. The number of nitrogens with one attached hydrogen (secondary N) is 1. The summed E-state index contributed by atoms with van der Waals surface area (Å²) in [5, 5.41) is 2.91. The lowest BCUT2D eigenvalue weighted by Gasteiger charge is -2.34. The second-order valence-corrected chi connectivity index (χ2v) is 8.37. The highest BCUT2D eigenvalue weighted by Crippen LogP contribution is 2.32. The van der Waals surface area contributed by atoms with Crippen LogP contribution in [-0.4, -0.2) is 61.6 Å². The topological polar surface area (TPSA) is 71.1 Å². The van der Waals surface area contributed by atoms with Gasteiger partial charge in [-0.15, -0.1) is 0 Å². The number of benzene rings is 3. The van der Waals surface area contributed by atoms with Gasteiger partial charge in [0.1, 0.15) is 17.4 Å². The number of piperazine rings is 1. The molecule has 4 rings (SSSR count). The largest absolute Gasteiger partial charge is 0.480 e. The first-order valence-electron chi connectivity index (χ1n) is 11.9. The van der Waals surface area contributed by atoms with Crippen LogP contribution in [0, 0.1) is 0 Å². The van der Waals surface area contributed by atoms with Gasteiger partial charge in [-0.25, -0.2) is 9.59 Å². The Balaban J connectivity index is 1.58. The number of amides is 2. The number of esters is 1. The number of ether oxygens (including phenoxy) is 2. The van der Waals surface area contributed by atoms with Crippen LogP contribution in [0.25, 0.3) is 0 Å². The number of carbonyl (C=O) groups excluding carboxylic acids is 2. The summed E-state index contributed by atoms with van der Waals surface area (Å²) in [4.78, 5) is 29.6. The lowest BCUT2D eigenvalue weighted by molar-refractivity contribution is 0.0594. The van der Waals surface area contributed by atoms with Gasteiger partial charge < -0.3 is 24.6 Å². The fourth-order valence-corrected chi connectivity index (χ4v) is 4.16. The van der Waals surface area contributed by atoms with Crippen molar-refractivity contribution in [1.29, 1.82) is 0 Å². The number of carbonyl (C=O) groups is 2. The van der Waals surface area contributed by atoms with Gasteiger partial charge in [0.15, 0.2) is 0 Å². The highest BCUT2D eigenvalue weighted by molar-refractivity contribution is 5.96. The molecule has 7 nitrogen and oxygen atoms in total. The third-order valence-corrected chi connectivity index (χ3v) is 6.19. The third-order valence-electron chi connectivity index (χ3n) is 6.19. The van der Waals surface area contributed by atoms with Crippen molar-refractivity contribution >= 4 is 17.7 Å². The van der Waals surface area contributed by atoms with Crippen molar-refractivity contribution in [2.45, 2.75) is 13.0 Å². The quantitative estimate of drug-likeness (QED) is 0.499. The molecule has 1 saturated heterocycles. The van der Waals surface area contributed by atoms with Gasteiger partial charge in [0.25, 0.3) is 0 Å². The number of urea groups is 1. The Labute approximate surface area is 206 Å². The van der Waals surface area contributed by atoms with Crippen LogP contribution in [-0.2, 0) is 4.74 Å². The van der Waals surface area contributed by atoms with E-state index >= 15 is 0 Å². The smallest absolute Gasteiger partial charge is 0.341 e. The number of rotatable bonds is 7. The predicted molar refractivity (Wildman–Crippen MR) is 136 cm³/mol. The molecule has 0 radical (unpaired) electrons. The maximum Gasteiger partial charge on any atom is 0.341 e. The third kappa shape index (κ3) is 6.00. The molecule has 3 aromatic rings. The van der Waals surface area contributed by atoms with E-state index in [-0.39, 0.29) is 11.6 Å². The molecule has 2 amide bonds. The molecule has 1 aliphatic heterocycles. The zero-order chi connectivity index (χ0) is 24.6. The Kier molecular flexibility index (Phi) is 8.00. The van der Waals surface area contributed by atoms with E-state index in [1.165, 1.54) is 7.11 Å². The van der Waals surface area contributed by atoms with Crippen LogP contribution in [0.4, 0.5) is 10.5 Å². The predicted octanol–water partition coefficient (Wildman–Crippen LogP) is 4.81. The van der Waals surface area contributed by atoms with Crippen LogP contribution in [0.1, 0.15) is 34.5 Å². The summed E-state index contributed by atoms with van der Waals surface area (Å²) in [5.74, 6) is -0.156. The van der Waals surface area contributed by atoms with Gasteiger partial charge in [-0.3, -0.25) is 0 Å². The molecule has 1 N–H and O–H groups in total. The van der Waals surface area contributed by atoms with E-state index in [9.17, 15) is 9.59 Å². The molecule has 1 aliphatic rings. The Morgan fingerprint density at radius 2 is 1.49 bits per heavy atom. The molecular formula is C28H31N3O4. The zero-order valence-electron chi connectivity index (χ0n) is 20.1. The van der Waals surface area contributed by atoms with Crippen LogP contribution in [0.5, 0.6) is 5.75 Å². The second kappa shape index (κ2) is 11.5. The number of methoxy groups -OCH3 is 1. The van der Waals surface area contributed by atoms with Gasteiger partial charge in [0.2, 0.25) is 0 Å². The number of likely N-dealkylation sites (N-methyl/N-ethyl adjacent to an activating group) is 1. The molecule has 0 saturated carbocycles. The molecule has 0 atom stereocenters. The standard InChI is InChI=1S/C28H31N3O4/c1-3-30-16-18-31(19-17-30)28(33)29-23-14-15-25(24(20-23)27(32)34-2)35-26(21-10-6-4-7-11-21)22-12-8-5-9-13-22/h4-15,20,26H,3,16-19H2,1-2H3,(H,29,33). The molecule has 1 heterocycles. The first-order chi connectivity index (χ1) is 17.1. The molecule has 1 fully saturated rings. The van der Waals surface area contributed by atoms with E-state index < -0.39 is 12.1 Å². The molecule has 3 aromatic carbocycles. The molecule has 7 heteroatoms. The average molecular weight is 474 g/mol. The van der Waals surface area contributed by atoms with Crippen molar-refractivity contribution in [2.24, 2.45) is 0 Å². The van der Waals surface area contributed by atoms with Crippen LogP contribution in [0.2, 0.25) is 0 Å². The molecular weight excluding hydrogens is 442 g/mol. The summed E-state index contributed by atoms with van der Waals surface area (Å²) in [6, 6.07) is 24.5. The number of nitrogens with zero attached hydrogens (tertiary/aromatic N) is 2. The molecule has 0 bridgehead atoms. The van der Waals surface area contributed by atoms with Crippen molar-refractivity contribution in [2.75, 3.05) is 45.2 Å². The highest BCUT2D eigenvalue weighted by atomic mass is 16.5. The SMILES string of the molecule is CCN1CCN(C(=O)Nc2ccc(OC(c3ccccc3)c3ccccc3)c(C(=O)OC)c2)CC1. The first-order valence-corrected chi connectivity index (χ1v) is 11.9. The van der Waals surface area contributed by atoms with Crippen molar-refractivity contribution in [3.05, 3.63) is 95.6 Å². The lowest BCUT2D eigenvalue weighted by atomic mass is 10.0. The molecule has 182 valence electrons. The van der Waals surface area contributed by atoms with E-state index in [0.717, 1.165) is 30.8 Å². The number of hydrogen-bond donors (Lipinski definition) is 1. The summed E-state index contributed by atoms with van der Waals surface area (Å²) >= 11 is 0. The van der Waals surface area contributed by atoms with Crippen molar-refractivity contribution in [1.82, 2.24) is 9.80 Å². The van der Waals surface area contributed by atoms with Gasteiger partial charge in [0, 0.05) is 31.9 Å². The molecule has 0 unspecified atom stereocenters. The van der Waals surface area contributed by atoms with Gasteiger partial charge >= 0.3 is 12.0 Å². The van der Waals surface area contributed by atoms with E-state index in [0.29, 0.717) is 24.5 Å². The monoisotopic (exact) mass is 473 g/mol. The van der Waals surface area contributed by atoms with E-state index in [2.05, 4.69) is 17.1 Å². The molecule has 0 spiro atoms. The van der Waals surface area contributed by atoms with Crippen LogP contribution in [0.15, 0.2) is 78.9 Å². The average Bonchev–Trinajstić information content (AvgIpc) is 2.92. The van der Waals surface area contributed by atoms with E-state index in [1.807, 2.05) is 60.7 Å². The minimum absolute atomic E-state index is 0.184. The van der Waals surface area contributed by atoms with Crippen molar-refractivity contribution in [3.63, 3.8) is 0 Å². The summed E-state index contributed by atoms with van der Waals surface area (Å²) in [5.41, 5.74) is 2.67. The zero-order valence-corrected chi connectivity index (χ0v) is 20.1. The molecule has 0 aromatic heterocycles. The van der Waals surface area contributed by atoms with Crippen LogP contribution < -0.4 is 10.1 Å². The van der Waals surface area contributed by atoms with Crippen molar-refractivity contribution < 1.29 is 19.1 Å². The summed E-state index contributed by atoms with van der Waals surface area (Å²) in [6.07, 6.45) is -0.420. The lowest BCUT2D eigenvalue weighted by Crippen LogP contribution is -2.49. The molecule has 35 heavy (non-hydrogen) atoms. The van der Waals surface area contributed by atoms with Gasteiger partial charge in [-0.05, 0) is 35.9 Å². The number of hydrogen-bond acceptors (Lipinski definition) is 5. The van der Waals surface area contributed by atoms with Gasteiger partial charge in [-0.1, -0.05) is 67.6 Å². The van der Waals surface area contributed by atoms with Crippen LogP contribution in [0.3, 0.4) is 0 Å². The van der Waals surface area contributed by atoms with E-state index in [1.54, 1.807) is 23.1 Å². The Hall–Kier alpha value is -3.84. The fraction of sp³-hybridized carbons (Fsp3) is 0.286. The number of anilines is 1. The summed E-state index contributed by atoms with van der Waals surface area (Å²) in [7, 11) is 1.33. The minimum atomic E-state index is -0.535. The van der Waals surface area contributed by atoms with Crippen molar-refractivity contribution in [3.8, 4) is 5.75 Å². The Bertz CT molecular complexity index is 1090. The van der Waals surface area contributed by atoms with Gasteiger partial charge in [0.05, 0.1) is 7.11 Å².